The first-order valence-electron chi connectivity index (χ1n) is 7.50. The average Bonchev–Trinajstić information content (AvgIpc) is 2.31. The molecule has 4 bridgehead atoms. The van der Waals surface area contributed by atoms with Crippen molar-refractivity contribution in [3.05, 3.63) is 0 Å². The molecule has 0 amide bonds. The SMILES string of the molecule is CC(F)(C(=O)OCC12CC3CC(CC(O)(C3)C1)C2)S(=O)(=O)O. The van der Waals surface area contributed by atoms with E-state index in [0.29, 0.717) is 25.2 Å². The summed E-state index contributed by atoms with van der Waals surface area (Å²) in [6.07, 6.45) is 4.66. The Morgan fingerprint density at radius 2 is 1.86 bits per heavy atom. The smallest absolute Gasteiger partial charge is 0.362 e. The Bertz CT molecular complexity index is 584. The Morgan fingerprint density at radius 3 is 2.32 bits per heavy atom. The molecule has 0 aromatic carbocycles. The monoisotopic (exact) mass is 336 g/mol. The summed E-state index contributed by atoms with van der Waals surface area (Å²) in [5.74, 6) is -0.843. The number of alkyl halides is 1. The Labute approximate surface area is 128 Å². The van der Waals surface area contributed by atoms with Crippen LogP contribution in [-0.4, -0.2) is 41.3 Å². The molecule has 0 aromatic rings. The highest BCUT2D eigenvalue weighted by atomic mass is 32.2. The van der Waals surface area contributed by atoms with E-state index in [0.717, 1.165) is 32.1 Å². The molecule has 2 N–H and O–H groups in total. The topological polar surface area (TPSA) is 101 Å². The maximum absolute atomic E-state index is 13.9. The van der Waals surface area contributed by atoms with Gasteiger partial charge in [-0.05, 0) is 57.3 Å². The van der Waals surface area contributed by atoms with Gasteiger partial charge in [0.15, 0.2) is 0 Å². The van der Waals surface area contributed by atoms with Crippen molar-refractivity contribution in [3.8, 4) is 0 Å². The largest absolute Gasteiger partial charge is 0.462 e. The van der Waals surface area contributed by atoms with E-state index in [9.17, 15) is 22.7 Å². The van der Waals surface area contributed by atoms with E-state index in [1.807, 2.05) is 0 Å². The van der Waals surface area contributed by atoms with Crippen molar-refractivity contribution in [2.24, 2.45) is 17.3 Å². The van der Waals surface area contributed by atoms with Crippen molar-refractivity contribution in [2.75, 3.05) is 6.61 Å². The highest BCUT2D eigenvalue weighted by Crippen LogP contribution is 2.61. The van der Waals surface area contributed by atoms with Crippen molar-refractivity contribution < 1.29 is 32.0 Å². The first-order valence-corrected chi connectivity index (χ1v) is 8.94. The van der Waals surface area contributed by atoms with E-state index >= 15 is 0 Å². The van der Waals surface area contributed by atoms with E-state index in [1.165, 1.54) is 0 Å². The highest BCUT2D eigenvalue weighted by molar-refractivity contribution is 7.87. The maximum atomic E-state index is 13.9. The lowest BCUT2D eigenvalue weighted by molar-refractivity contribution is -0.189. The summed E-state index contributed by atoms with van der Waals surface area (Å²) in [4.78, 5) is 11.7. The summed E-state index contributed by atoms with van der Waals surface area (Å²) in [6.45, 7) is 0.355. The Balaban J connectivity index is 1.71. The van der Waals surface area contributed by atoms with Crippen LogP contribution in [0.1, 0.15) is 45.4 Å². The van der Waals surface area contributed by atoms with Gasteiger partial charge in [-0.2, -0.15) is 8.42 Å². The molecule has 6 nitrogen and oxygen atoms in total. The Hall–Kier alpha value is -0.730. The number of hydrogen-bond donors (Lipinski definition) is 2. The van der Waals surface area contributed by atoms with Gasteiger partial charge < -0.3 is 9.84 Å². The second kappa shape index (κ2) is 4.64. The third-order valence-electron chi connectivity index (χ3n) is 5.51. The third kappa shape index (κ3) is 2.55. The predicted octanol–water partition coefficient (Wildman–Crippen LogP) is 1.43. The van der Waals surface area contributed by atoms with Crippen LogP contribution in [0.2, 0.25) is 0 Å². The molecule has 4 rings (SSSR count). The number of halogens is 1. The molecule has 0 aromatic heterocycles. The lowest BCUT2D eigenvalue weighted by Crippen LogP contribution is -2.57. The number of hydrogen-bond acceptors (Lipinski definition) is 5. The fourth-order valence-corrected chi connectivity index (χ4v) is 5.29. The number of carbonyl (C=O) groups is 1. The van der Waals surface area contributed by atoms with Gasteiger partial charge >= 0.3 is 21.1 Å². The molecule has 22 heavy (non-hydrogen) atoms. The zero-order valence-corrected chi connectivity index (χ0v) is 13.2. The predicted molar refractivity (Wildman–Crippen MR) is 74.1 cm³/mol. The molecule has 8 heteroatoms. The van der Waals surface area contributed by atoms with Crippen molar-refractivity contribution in [1.29, 1.82) is 0 Å². The van der Waals surface area contributed by atoms with E-state index in [-0.39, 0.29) is 6.61 Å². The molecule has 0 aliphatic heterocycles. The quantitative estimate of drug-likeness (QED) is 0.595. The van der Waals surface area contributed by atoms with Gasteiger partial charge in [-0.15, -0.1) is 0 Å². The minimum absolute atomic E-state index is 0.115. The lowest BCUT2D eigenvalue weighted by atomic mass is 9.48. The molecule has 3 unspecified atom stereocenters. The van der Waals surface area contributed by atoms with Crippen LogP contribution < -0.4 is 0 Å². The molecular weight excluding hydrogens is 315 g/mol. The van der Waals surface area contributed by atoms with Crippen LogP contribution in [0.5, 0.6) is 0 Å². The standard InChI is InChI=1S/C14H21FO6S/c1-12(15,22(18,19)20)11(16)21-8-13-3-9-2-10(4-13)6-14(17,5-9)7-13/h9-10,17H,2-8H2,1H3,(H,18,19,20). The van der Waals surface area contributed by atoms with Crippen LogP contribution in [0.4, 0.5) is 4.39 Å². The summed E-state index contributed by atoms with van der Waals surface area (Å²) in [7, 11) is -5.18. The molecule has 126 valence electrons. The van der Waals surface area contributed by atoms with Crippen LogP contribution in [0, 0.1) is 17.3 Å². The molecule has 0 spiro atoms. The van der Waals surface area contributed by atoms with Gasteiger partial charge in [0.1, 0.15) is 0 Å². The van der Waals surface area contributed by atoms with Gasteiger partial charge in [0, 0.05) is 5.41 Å². The van der Waals surface area contributed by atoms with Crippen molar-refractivity contribution in [3.63, 3.8) is 0 Å². The van der Waals surface area contributed by atoms with Gasteiger partial charge in [0.25, 0.3) is 0 Å². The van der Waals surface area contributed by atoms with Crippen molar-refractivity contribution >= 4 is 16.1 Å². The number of carbonyl (C=O) groups excluding carboxylic acids is 1. The van der Waals surface area contributed by atoms with Crippen LogP contribution in [0.15, 0.2) is 0 Å². The Morgan fingerprint density at radius 1 is 1.32 bits per heavy atom. The molecular formula is C14H21FO6S. The second-order valence-corrected chi connectivity index (χ2v) is 9.37. The maximum Gasteiger partial charge on any atom is 0.362 e. The fraction of sp³-hybridized carbons (Fsp3) is 0.929. The number of rotatable bonds is 4. The molecule has 0 radical (unpaired) electrons. The lowest BCUT2D eigenvalue weighted by Gasteiger charge is -2.59. The molecule has 3 atom stereocenters. The van der Waals surface area contributed by atoms with Gasteiger partial charge in [-0.25, -0.2) is 9.18 Å². The number of esters is 1. The third-order valence-corrected chi connectivity index (χ3v) is 6.65. The Kier molecular flexibility index (Phi) is 3.40. The molecule has 4 saturated carbocycles. The first-order chi connectivity index (χ1) is 9.95. The second-order valence-electron chi connectivity index (χ2n) is 7.65. The molecule has 4 aliphatic carbocycles. The molecule has 0 saturated heterocycles. The van der Waals surface area contributed by atoms with Gasteiger partial charge in [-0.3, -0.25) is 4.55 Å². The fourth-order valence-electron chi connectivity index (χ4n) is 5.02. The van der Waals surface area contributed by atoms with Gasteiger partial charge in [0.2, 0.25) is 0 Å². The van der Waals surface area contributed by atoms with E-state index in [4.69, 9.17) is 9.29 Å². The van der Waals surface area contributed by atoms with Crippen molar-refractivity contribution in [2.45, 2.75) is 56.1 Å². The van der Waals surface area contributed by atoms with Gasteiger partial charge in [-0.1, -0.05) is 0 Å². The molecule has 4 fully saturated rings. The van der Waals surface area contributed by atoms with E-state index in [2.05, 4.69) is 0 Å². The first kappa shape index (κ1) is 16.1. The summed E-state index contributed by atoms with van der Waals surface area (Å²) in [6, 6.07) is 0. The van der Waals surface area contributed by atoms with E-state index < -0.39 is 32.1 Å². The normalized spacial score (nSPS) is 42.9. The van der Waals surface area contributed by atoms with Crippen LogP contribution in [-0.2, 0) is 19.6 Å². The summed E-state index contributed by atoms with van der Waals surface area (Å²) in [5, 5.41) is 7.11. The average molecular weight is 336 g/mol. The summed E-state index contributed by atoms with van der Waals surface area (Å²) in [5.41, 5.74) is -1.14. The number of ether oxygens (including phenoxy) is 1. The molecule has 4 aliphatic rings. The van der Waals surface area contributed by atoms with E-state index in [1.54, 1.807) is 0 Å². The summed E-state index contributed by atoms with van der Waals surface area (Å²) >= 11 is 0. The van der Waals surface area contributed by atoms with Crippen LogP contribution >= 0.6 is 0 Å². The van der Waals surface area contributed by atoms with Crippen molar-refractivity contribution in [1.82, 2.24) is 0 Å². The minimum atomic E-state index is -5.18. The zero-order chi connectivity index (χ0) is 16.4. The molecule has 0 heterocycles. The van der Waals surface area contributed by atoms with Crippen LogP contribution in [0.25, 0.3) is 0 Å². The zero-order valence-electron chi connectivity index (χ0n) is 12.4. The summed E-state index contributed by atoms with van der Waals surface area (Å²) < 4.78 is 49.4. The minimum Gasteiger partial charge on any atom is -0.462 e. The number of aliphatic hydroxyl groups is 1. The van der Waals surface area contributed by atoms with Gasteiger partial charge in [0.05, 0.1) is 12.2 Å². The highest BCUT2D eigenvalue weighted by Gasteiger charge is 2.58. The van der Waals surface area contributed by atoms with Crippen LogP contribution in [0.3, 0.4) is 0 Å².